The molecule has 6 heteroatoms. The van der Waals surface area contributed by atoms with E-state index in [1.54, 1.807) is 0 Å². The Kier molecular flexibility index (Phi) is 6.00. The van der Waals surface area contributed by atoms with Crippen LogP contribution in [0.1, 0.15) is 24.0 Å². The molecule has 4 aliphatic heterocycles. The third-order valence-corrected chi connectivity index (χ3v) is 7.03. The molecule has 1 aromatic carbocycles. The highest BCUT2D eigenvalue weighted by Gasteiger charge is 2.28. The minimum absolute atomic E-state index is 0.741. The van der Waals surface area contributed by atoms with E-state index in [4.69, 9.17) is 9.47 Å². The van der Waals surface area contributed by atoms with Crippen molar-refractivity contribution >= 4 is 23.3 Å². The Labute approximate surface area is 201 Å². The van der Waals surface area contributed by atoms with Gasteiger partial charge in [-0.1, -0.05) is 29.3 Å². The van der Waals surface area contributed by atoms with E-state index in [1.165, 1.54) is 28.0 Å². The molecule has 174 valence electrons. The van der Waals surface area contributed by atoms with Crippen molar-refractivity contribution in [2.45, 2.75) is 12.8 Å². The number of hydrogen-bond donors (Lipinski definition) is 0. The first-order chi connectivity index (χ1) is 16.8. The van der Waals surface area contributed by atoms with E-state index >= 15 is 0 Å². The van der Waals surface area contributed by atoms with E-state index in [-0.39, 0.29) is 0 Å². The quantitative estimate of drug-likeness (QED) is 0.502. The summed E-state index contributed by atoms with van der Waals surface area (Å²) >= 11 is 0. The van der Waals surface area contributed by atoms with E-state index in [1.807, 2.05) is 23.3 Å². The SMILES string of the molecule is C1=C[N+](=C2C=CC(=C3CN4CCC=C4c4cc(OCCCN5CCOCC5)ccc43)C=C2)C=N1. The van der Waals surface area contributed by atoms with Crippen LogP contribution in [0.3, 0.4) is 0 Å². The minimum Gasteiger partial charge on any atom is -0.494 e. The average Bonchev–Trinajstić information content (AvgIpc) is 3.59. The van der Waals surface area contributed by atoms with Crippen LogP contribution in [-0.2, 0) is 4.74 Å². The van der Waals surface area contributed by atoms with Crippen molar-refractivity contribution in [2.24, 2.45) is 4.99 Å². The van der Waals surface area contributed by atoms with Gasteiger partial charge in [-0.3, -0.25) is 4.90 Å². The van der Waals surface area contributed by atoms with Crippen molar-refractivity contribution in [3.8, 4) is 5.75 Å². The Morgan fingerprint density at radius 1 is 1.03 bits per heavy atom. The van der Waals surface area contributed by atoms with Gasteiger partial charge in [0.15, 0.2) is 6.20 Å². The molecule has 1 aliphatic carbocycles. The molecule has 0 atom stereocenters. The van der Waals surface area contributed by atoms with Crippen LogP contribution in [0.15, 0.2) is 71.5 Å². The van der Waals surface area contributed by atoms with Crippen LogP contribution in [0.25, 0.3) is 11.3 Å². The summed E-state index contributed by atoms with van der Waals surface area (Å²) in [5.74, 6) is 0.963. The van der Waals surface area contributed by atoms with Crippen LogP contribution < -0.4 is 4.74 Å². The predicted molar refractivity (Wildman–Crippen MR) is 136 cm³/mol. The van der Waals surface area contributed by atoms with E-state index in [0.717, 1.165) is 76.8 Å². The molecule has 34 heavy (non-hydrogen) atoms. The Morgan fingerprint density at radius 3 is 2.74 bits per heavy atom. The lowest BCUT2D eigenvalue weighted by Gasteiger charge is -2.33. The van der Waals surface area contributed by atoms with E-state index in [9.17, 15) is 0 Å². The van der Waals surface area contributed by atoms with Gasteiger partial charge in [0.05, 0.1) is 19.8 Å². The number of allylic oxidation sites excluding steroid dienone is 5. The van der Waals surface area contributed by atoms with Gasteiger partial charge < -0.3 is 14.4 Å². The van der Waals surface area contributed by atoms with Gasteiger partial charge in [0.2, 0.25) is 0 Å². The van der Waals surface area contributed by atoms with Crippen molar-refractivity contribution < 1.29 is 14.0 Å². The normalized spacial score (nSPS) is 21.4. The molecule has 0 amide bonds. The molecule has 0 unspecified atom stereocenters. The maximum atomic E-state index is 6.19. The van der Waals surface area contributed by atoms with Crippen molar-refractivity contribution in [2.75, 3.05) is 52.5 Å². The molecule has 4 heterocycles. The third kappa shape index (κ3) is 4.31. The number of aliphatic imine (C=N–C) groups is 1. The average molecular weight is 456 g/mol. The number of nitrogens with zero attached hydrogens (tertiary/aromatic N) is 4. The second kappa shape index (κ2) is 9.57. The molecule has 5 aliphatic rings. The largest absolute Gasteiger partial charge is 0.494 e. The summed E-state index contributed by atoms with van der Waals surface area (Å²) in [5.41, 5.74) is 7.75. The summed E-state index contributed by atoms with van der Waals surface area (Å²) in [6.45, 7) is 7.60. The summed E-state index contributed by atoms with van der Waals surface area (Å²) < 4.78 is 13.7. The molecular weight excluding hydrogens is 424 g/mol. The molecule has 0 bridgehead atoms. The number of hydrogen-bond acceptors (Lipinski definition) is 5. The van der Waals surface area contributed by atoms with Crippen molar-refractivity contribution in [1.29, 1.82) is 0 Å². The first-order valence-corrected chi connectivity index (χ1v) is 12.3. The number of rotatable bonds is 5. The van der Waals surface area contributed by atoms with Crippen LogP contribution in [0.2, 0.25) is 0 Å². The third-order valence-electron chi connectivity index (χ3n) is 7.03. The lowest BCUT2D eigenvalue weighted by Crippen LogP contribution is -2.37. The molecule has 0 N–H and O–H groups in total. The molecule has 1 aromatic rings. The van der Waals surface area contributed by atoms with Gasteiger partial charge in [-0.05, 0) is 53.8 Å². The first-order valence-electron chi connectivity index (χ1n) is 12.3. The highest BCUT2D eigenvalue weighted by Crippen LogP contribution is 2.41. The van der Waals surface area contributed by atoms with Gasteiger partial charge >= 0.3 is 0 Å². The fraction of sp³-hybridized carbons (Fsp3) is 0.357. The molecule has 0 radical (unpaired) electrons. The summed E-state index contributed by atoms with van der Waals surface area (Å²) in [6, 6.07) is 6.63. The van der Waals surface area contributed by atoms with Crippen molar-refractivity contribution in [1.82, 2.24) is 9.80 Å². The van der Waals surface area contributed by atoms with Crippen LogP contribution in [0, 0.1) is 0 Å². The molecule has 0 spiro atoms. The maximum Gasteiger partial charge on any atom is 0.291 e. The lowest BCUT2D eigenvalue weighted by molar-refractivity contribution is -0.306. The second-order valence-electron chi connectivity index (χ2n) is 9.16. The highest BCUT2D eigenvalue weighted by atomic mass is 16.5. The van der Waals surface area contributed by atoms with Crippen LogP contribution >= 0.6 is 0 Å². The van der Waals surface area contributed by atoms with E-state index in [0.29, 0.717) is 0 Å². The molecule has 1 fully saturated rings. The number of morpholine rings is 1. The predicted octanol–water partition coefficient (Wildman–Crippen LogP) is 3.69. The molecular formula is C28H31N4O2+. The monoisotopic (exact) mass is 455 g/mol. The van der Waals surface area contributed by atoms with Gasteiger partial charge in [-0.2, -0.15) is 4.58 Å². The van der Waals surface area contributed by atoms with Crippen LogP contribution in [-0.4, -0.2) is 79.0 Å². The van der Waals surface area contributed by atoms with E-state index < -0.39 is 0 Å². The Balaban J connectivity index is 1.21. The smallest absolute Gasteiger partial charge is 0.291 e. The zero-order valence-electron chi connectivity index (χ0n) is 19.5. The summed E-state index contributed by atoms with van der Waals surface area (Å²) in [5, 5.41) is 0. The standard InChI is InChI=1S/C28H31N4O2/c1-3-28-26-19-24(34-16-2-11-30-14-17-33-18-15-30)8-9-25(26)27(20-31(28)12-1)22-4-6-23(7-5-22)32-13-10-29-21-32/h3-10,13,19,21H,1-2,11-12,14-18,20H2/q+1. The topological polar surface area (TPSA) is 40.3 Å². The fourth-order valence-corrected chi connectivity index (χ4v) is 5.21. The zero-order chi connectivity index (χ0) is 22.7. The Bertz CT molecular complexity index is 1150. The van der Waals surface area contributed by atoms with Crippen molar-refractivity contribution in [3.05, 3.63) is 77.7 Å². The molecule has 0 aromatic heterocycles. The minimum atomic E-state index is 0.741. The second-order valence-corrected chi connectivity index (χ2v) is 9.16. The molecule has 1 saturated heterocycles. The molecule has 6 rings (SSSR count). The summed E-state index contributed by atoms with van der Waals surface area (Å²) in [7, 11) is 0. The zero-order valence-corrected chi connectivity index (χ0v) is 19.5. The fourth-order valence-electron chi connectivity index (χ4n) is 5.21. The van der Waals surface area contributed by atoms with Gasteiger partial charge in [-0.25, -0.2) is 0 Å². The Hall–Kier alpha value is -3.22. The first kappa shape index (κ1) is 21.3. The molecule has 0 saturated carbocycles. The Morgan fingerprint density at radius 2 is 1.91 bits per heavy atom. The van der Waals surface area contributed by atoms with Gasteiger partial charge in [-0.15, -0.1) is 0 Å². The summed E-state index contributed by atoms with van der Waals surface area (Å²) in [4.78, 5) is 9.12. The van der Waals surface area contributed by atoms with Gasteiger partial charge in [0.1, 0.15) is 17.7 Å². The number of fused-ring (bicyclic) bond motifs is 3. The number of benzene rings is 1. The van der Waals surface area contributed by atoms with Crippen LogP contribution in [0.5, 0.6) is 5.75 Å². The molecule has 6 nitrogen and oxygen atoms in total. The maximum absolute atomic E-state index is 6.19. The van der Waals surface area contributed by atoms with Gasteiger partial charge in [0.25, 0.3) is 6.34 Å². The van der Waals surface area contributed by atoms with E-state index in [2.05, 4.69) is 63.4 Å². The summed E-state index contributed by atoms with van der Waals surface area (Å²) in [6.07, 6.45) is 18.9. The lowest BCUT2D eigenvalue weighted by atomic mass is 9.88. The number of ether oxygens (including phenoxy) is 2. The highest BCUT2D eigenvalue weighted by molar-refractivity contribution is 6.05. The van der Waals surface area contributed by atoms with Crippen molar-refractivity contribution in [3.63, 3.8) is 0 Å². The van der Waals surface area contributed by atoms with Gasteiger partial charge in [0, 0.05) is 44.0 Å². The van der Waals surface area contributed by atoms with Crippen LogP contribution in [0.4, 0.5) is 0 Å².